The third-order valence-corrected chi connectivity index (χ3v) is 5.97. The van der Waals surface area contributed by atoms with Crippen molar-refractivity contribution in [2.75, 3.05) is 6.61 Å². The van der Waals surface area contributed by atoms with E-state index in [1.54, 1.807) is 0 Å². The van der Waals surface area contributed by atoms with Crippen molar-refractivity contribution in [2.24, 2.45) is 11.8 Å². The molecule has 1 amide bonds. The lowest BCUT2D eigenvalue weighted by atomic mass is 9.78. The second kappa shape index (κ2) is 8.03. The van der Waals surface area contributed by atoms with Crippen molar-refractivity contribution in [1.82, 2.24) is 5.32 Å². The van der Waals surface area contributed by atoms with Gasteiger partial charge in [-0.05, 0) is 67.2 Å². The summed E-state index contributed by atoms with van der Waals surface area (Å²) in [5.41, 5.74) is 3.13. The van der Waals surface area contributed by atoms with Gasteiger partial charge in [-0.25, -0.2) is 4.79 Å². The van der Waals surface area contributed by atoms with Gasteiger partial charge >= 0.3 is 5.97 Å². The van der Waals surface area contributed by atoms with Gasteiger partial charge in [0.15, 0.2) is 6.61 Å². The Balaban J connectivity index is 1.51. The minimum Gasteiger partial charge on any atom is -0.452 e. The van der Waals surface area contributed by atoms with E-state index >= 15 is 0 Å². The highest BCUT2D eigenvalue weighted by atomic mass is 16.5. The van der Waals surface area contributed by atoms with Crippen molar-refractivity contribution >= 4 is 11.9 Å². The average molecular weight is 343 g/mol. The van der Waals surface area contributed by atoms with Crippen LogP contribution in [0.15, 0.2) is 18.2 Å². The van der Waals surface area contributed by atoms with Gasteiger partial charge in [0.05, 0.1) is 5.56 Å². The fourth-order valence-electron chi connectivity index (χ4n) is 4.11. The van der Waals surface area contributed by atoms with Gasteiger partial charge in [-0.2, -0.15) is 0 Å². The zero-order valence-corrected chi connectivity index (χ0v) is 15.3. The first-order chi connectivity index (χ1) is 12.0. The maximum Gasteiger partial charge on any atom is 0.338 e. The molecule has 3 rings (SSSR count). The molecule has 4 nitrogen and oxygen atoms in total. The van der Waals surface area contributed by atoms with E-state index in [4.69, 9.17) is 4.74 Å². The predicted octanol–water partition coefficient (Wildman–Crippen LogP) is 3.66. The number of benzene rings is 1. The van der Waals surface area contributed by atoms with Crippen molar-refractivity contribution in [1.29, 1.82) is 0 Å². The van der Waals surface area contributed by atoms with Crippen molar-refractivity contribution in [3.8, 4) is 0 Å². The quantitative estimate of drug-likeness (QED) is 0.849. The molecule has 25 heavy (non-hydrogen) atoms. The number of fused-ring (bicyclic) bond motifs is 1. The number of carbonyl (C=O) groups excluding carboxylic acids is 2. The lowest BCUT2D eigenvalue weighted by Crippen LogP contribution is -2.45. The topological polar surface area (TPSA) is 55.4 Å². The standard InChI is InChI=1S/C21H29NO3/c1-14-6-5-9-19(15(14)2)22-20(23)13-25-21(24)18-11-10-16-7-3-4-8-17(16)12-18/h10-12,14-15,19H,3-9,13H2,1-2H3,(H,22,23)/t14-,15-,19+/m1/s1. The number of rotatable bonds is 4. The summed E-state index contributed by atoms with van der Waals surface area (Å²) in [6.45, 7) is 4.22. The summed E-state index contributed by atoms with van der Waals surface area (Å²) in [7, 11) is 0. The third-order valence-electron chi connectivity index (χ3n) is 5.97. The van der Waals surface area contributed by atoms with Gasteiger partial charge in [0.1, 0.15) is 0 Å². The van der Waals surface area contributed by atoms with Gasteiger partial charge in [-0.3, -0.25) is 4.79 Å². The van der Waals surface area contributed by atoms with Crippen LogP contribution in [0.25, 0.3) is 0 Å². The molecular weight excluding hydrogens is 314 g/mol. The summed E-state index contributed by atoms with van der Waals surface area (Å²) >= 11 is 0. The fraction of sp³-hybridized carbons (Fsp3) is 0.619. The minimum absolute atomic E-state index is 0.193. The zero-order chi connectivity index (χ0) is 17.8. The number of amides is 1. The van der Waals surface area contributed by atoms with Gasteiger partial charge in [-0.1, -0.05) is 32.8 Å². The first-order valence-corrected chi connectivity index (χ1v) is 9.63. The van der Waals surface area contributed by atoms with Crippen molar-refractivity contribution in [3.05, 3.63) is 34.9 Å². The number of hydrogen-bond donors (Lipinski definition) is 1. The lowest BCUT2D eigenvalue weighted by molar-refractivity contribution is -0.125. The number of carbonyl (C=O) groups is 2. The van der Waals surface area contributed by atoms with E-state index in [1.807, 2.05) is 18.2 Å². The second-order valence-electron chi connectivity index (χ2n) is 7.71. The number of esters is 1. The van der Waals surface area contributed by atoms with Gasteiger partial charge < -0.3 is 10.1 Å². The Hall–Kier alpha value is -1.84. The van der Waals surface area contributed by atoms with Crippen LogP contribution < -0.4 is 5.32 Å². The van der Waals surface area contributed by atoms with Crippen molar-refractivity contribution < 1.29 is 14.3 Å². The van der Waals surface area contributed by atoms with Crippen molar-refractivity contribution in [3.63, 3.8) is 0 Å². The predicted molar refractivity (Wildman–Crippen MR) is 97.5 cm³/mol. The monoisotopic (exact) mass is 343 g/mol. The summed E-state index contributed by atoms with van der Waals surface area (Å²) in [5.74, 6) is 0.483. The molecule has 0 radical (unpaired) electrons. The average Bonchev–Trinajstić information content (AvgIpc) is 2.63. The number of ether oxygens (including phenoxy) is 1. The summed E-state index contributed by atoms with van der Waals surface area (Å²) < 4.78 is 5.23. The molecule has 0 bridgehead atoms. The van der Waals surface area contributed by atoms with Crippen LogP contribution in [0.4, 0.5) is 0 Å². The largest absolute Gasteiger partial charge is 0.452 e. The molecule has 1 N–H and O–H groups in total. The van der Waals surface area contributed by atoms with Crippen LogP contribution in [-0.2, 0) is 22.4 Å². The molecule has 136 valence electrons. The van der Waals surface area contributed by atoms with Gasteiger partial charge in [0.2, 0.25) is 0 Å². The molecule has 0 aromatic heterocycles. The van der Waals surface area contributed by atoms with E-state index in [0.29, 0.717) is 17.4 Å². The van der Waals surface area contributed by atoms with Crippen LogP contribution in [0.3, 0.4) is 0 Å². The normalized spacial score (nSPS) is 25.8. The Morgan fingerprint density at radius 2 is 1.84 bits per heavy atom. The van der Waals surface area contributed by atoms with Crippen LogP contribution in [-0.4, -0.2) is 24.5 Å². The highest BCUT2D eigenvalue weighted by molar-refractivity contribution is 5.91. The Labute approximate surface area is 150 Å². The Bertz CT molecular complexity index is 640. The molecule has 3 atom stereocenters. The second-order valence-corrected chi connectivity index (χ2v) is 7.71. The van der Waals surface area contributed by atoms with Crippen LogP contribution in [0.2, 0.25) is 0 Å². The van der Waals surface area contributed by atoms with Gasteiger partial charge in [-0.15, -0.1) is 0 Å². The van der Waals surface area contributed by atoms with E-state index in [2.05, 4.69) is 19.2 Å². The Morgan fingerprint density at radius 1 is 1.08 bits per heavy atom. The molecule has 1 fully saturated rings. The molecule has 0 saturated heterocycles. The summed E-state index contributed by atoms with van der Waals surface area (Å²) in [6, 6.07) is 5.96. The number of nitrogens with one attached hydrogen (secondary N) is 1. The molecule has 2 aliphatic rings. The van der Waals surface area contributed by atoms with Gasteiger partial charge in [0.25, 0.3) is 5.91 Å². The molecule has 0 aliphatic heterocycles. The van der Waals surface area contributed by atoms with Crippen LogP contribution >= 0.6 is 0 Å². The van der Waals surface area contributed by atoms with Crippen LogP contribution in [0.1, 0.15) is 67.4 Å². The molecular formula is C21H29NO3. The Morgan fingerprint density at radius 3 is 2.64 bits per heavy atom. The minimum atomic E-state index is -0.409. The molecule has 0 unspecified atom stereocenters. The molecule has 0 heterocycles. The van der Waals surface area contributed by atoms with Crippen molar-refractivity contribution in [2.45, 2.75) is 64.8 Å². The maximum atomic E-state index is 12.2. The highest BCUT2D eigenvalue weighted by Crippen LogP contribution is 2.29. The van der Waals surface area contributed by atoms with E-state index in [-0.39, 0.29) is 18.6 Å². The smallest absolute Gasteiger partial charge is 0.338 e. The number of aryl methyl sites for hydroxylation is 2. The Kier molecular flexibility index (Phi) is 5.77. The summed E-state index contributed by atoms with van der Waals surface area (Å²) in [4.78, 5) is 24.4. The molecule has 1 saturated carbocycles. The zero-order valence-electron chi connectivity index (χ0n) is 15.3. The summed E-state index contributed by atoms with van der Waals surface area (Å²) in [5, 5.41) is 3.04. The van der Waals surface area contributed by atoms with E-state index in [0.717, 1.165) is 25.7 Å². The van der Waals surface area contributed by atoms with E-state index in [1.165, 1.54) is 30.4 Å². The SMILES string of the molecule is C[C@@H]1[C@H](C)CCC[C@@H]1NC(=O)COC(=O)c1ccc2c(c1)CCCC2. The van der Waals surface area contributed by atoms with Crippen LogP contribution in [0.5, 0.6) is 0 Å². The van der Waals surface area contributed by atoms with Crippen LogP contribution in [0, 0.1) is 11.8 Å². The molecule has 4 heteroatoms. The first-order valence-electron chi connectivity index (χ1n) is 9.63. The summed E-state index contributed by atoms with van der Waals surface area (Å²) in [6.07, 6.45) is 7.88. The lowest BCUT2D eigenvalue weighted by Gasteiger charge is -2.34. The first kappa shape index (κ1) is 18.0. The molecule has 2 aliphatic carbocycles. The molecule has 1 aromatic carbocycles. The highest BCUT2D eigenvalue weighted by Gasteiger charge is 2.28. The van der Waals surface area contributed by atoms with E-state index in [9.17, 15) is 9.59 Å². The molecule has 0 spiro atoms. The van der Waals surface area contributed by atoms with E-state index < -0.39 is 5.97 Å². The molecule has 1 aromatic rings. The number of hydrogen-bond acceptors (Lipinski definition) is 3. The fourth-order valence-corrected chi connectivity index (χ4v) is 4.11. The van der Waals surface area contributed by atoms with Gasteiger partial charge in [0, 0.05) is 6.04 Å². The third kappa shape index (κ3) is 4.42. The maximum absolute atomic E-state index is 12.2.